The zero-order valence-corrected chi connectivity index (χ0v) is 12.6. The normalized spacial score (nSPS) is 17.6. The van der Waals surface area contributed by atoms with Gasteiger partial charge in [-0.25, -0.2) is 17.7 Å². The SMILES string of the molecule is CCS(=O)(=O)N1CCC(NC(=O)c2ccnc(F)c2)CC1. The summed E-state index contributed by atoms with van der Waals surface area (Å²) in [5, 5.41) is 2.80. The molecule has 1 aliphatic rings. The summed E-state index contributed by atoms with van der Waals surface area (Å²) in [6.07, 6.45) is 2.34. The molecule has 116 valence electrons. The topological polar surface area (TPSA) is 79.4 Å². The molecule has 8 heteroatoms. The Morgan fingerprint density at radius 1 is 1.48 bits per heavy atom. The number of halogens is 1. The second-order valence-electron chi connectivity index (χ2n) is 4.91. The molecule has 6 nitrogen and oxygen atoms in total. The lowest BCUT2D eigenvalue weighted by atomic mass is 10.1. The first kappa shape index (κ1) is 15.8. The van der Waals surface area contributed by atoms with Gasteiger partial charge in [-0.2, -0.15) is 4.39 Å². The lowest BCUT2D eigenvalue weighted by molar-refractivity contribution is 0.0923. The number of aromatic nitrogens is 1. The highest BCUT2D eigenvalue weighted by atomic mass is 32.2. The molecule has 1 fully saturated rings. The van der Waals surface area contributed by atoms with E-state index < -0.39 is 16.0 Å². The maximum absolute atomic E-state index is 13.0. The van der Waals surface area contributed by atoms with Gasteiger partial charge in [0.15, 0.2) is 0 Å². The summed E-state index contributed by atoms with van der Waals surface area (Å²) >= 11 is 0. The van der Waals surface area contributed by atoms with Crippen molar-refractivity contribution in [3.8, 4) is 0 Å². The smallest absolute Gasteiger partial charge is 0.251 e. The second-order valence-corrected chi connectivity index (χ2v) is 7.17. The van der Waals surface area contributed by atoms with E-state index in [0.29, 0.717) is 25.9 Å². The van der Waals surface area contributed by atoms with Gasteiger partial charge >= 0.3 is 0 Å². The van der Waals surface area contributed by atoms with Crippen molar-refractivity contribution in [2.24, 2.45) is 0 Å². The minimum absolute atomic E-state index is 0.0836. The van der Waals surface area contributed by atoms with Crippen LogP contribution in [0.3, 0.4) is 0 Å². The van der Waals surface area contributed by atoms with Gasteiger partial charge in [0.1, 0.15) is 0 Å². The fraction of sp³-hybridized carbons (Fsp3) is 0.538. The Morgan fingerprint density at radius 3 is 2.71 bits per heavy atom. The fourth-order valence-electron chi connectivity index (χ4n) is 2.27. The van der Waals surface area contributed by atoms with Crippen molar-refractivity contribution in [2.45, 2.75) is 25.8 Å². The van der Waals surface area contributed by atoms with E-state index in [-0.39, 0.29) is 23.3 Å². The number of hydrogen-bond acceptors (Lipinski definition) is 4. The van der Waals surface area contributed by atoms with E-state index in [9.17, 15) is 17.6 Å². The quantitative estimate of drug-likeness (QED) is 0.832. The summed E-state index contributed by atoms with van der Waals surface area (Å²) in [7, 11) is -3.17. The molecule has 1 N–H and O–H groups in total. The third-order valence-electron chi connectivity index (χ3n) is 3.54. The molecule has 0 atom stereocenters. The molecule has 1 amide bonds. The van der Waals surface area contributed by atoms with Crippen LogP contribution >= 0.6 is 0 Å². The summed E-state index contributed by atoms with van der Waals surface area (Å²) in [4.78, 5) is 15.4. The molecule has 0 spiro atoms. The van der Waals surface area contributed by atoms with Crippen LogP contribution in [0.4, 0.5) is 4.39 Å². The fourth-order valence-corrected chi connectivity index (χ4v) is 3.41. The molecule has 0 radical (unpaired) electrons. The van der Waals surface area contributed by atoms with E-state index >= 15 is 0 Å². The number of sulfonamides is 1. The molecule has 2 rings (SSSR count). The molecule has 0 bridgehead atoms. The molecule has 0 aromatic carbocycles. The number of piperidine rings is 1. The van der Waals surface area contributed by atoms with Crippen LogP contribution in [-0.2, 0) is 10.0 Å². The van der Waals surface area contributed by atoms with Gasteiger partial charge in [-0.05, 0) is 25.8 Å². The summed E-state index contributed by atoms with van der Waals surface area (Å²) in [6.45, 7) is 2.40. The first-order valence-corrected chi connectivity index (χ1v) is 8.43. The second kappa shape index (κ2) is 6.48. The summed E-state index contributed by atoms with van der Waals surface area (Å²) in [5.74, 6) is -0.986. The van der Waals surface area contributed by atoms with Crippen molar-refractivity contribution in [3.05, 3.63) is 29.8 Å². The Hall–Kier alpha value is -1.54. The van der Waals surface area contributed by atoms with Crippen molar-refractivity contribution in [1.29, 1.82) is 0 Å². The maximum atomic E-state index is 13.0. The van der Waals surface area contributed by atoms with Crippen molar-refractivity contribution < 1.29 is 17.6 Å². The van der Waals surface area contributed by atoms with Gasteiger partial charge in [-0.1, -0.05) is 0 Å². The van der Waals surface area contributed by atoms with E-state index in [1.807, 2.05) is 0 Å². The molecule has 1 aliphatic heterocycles. The van der Waals surface area contributed by atoms with Crippen LogP contribution in [0.5, 0.6) is 0 Å². The zero-order chi connectivity index (χ0) is 15.5. The lowest BCUT2D eigenvalue weighted by Gasteiger charge is -2.31. The molecular weight excluding hydrogens is 297 g/mol. The largest absolute Gasteiger partial charge is 0.349 e. The molecule has 21 heavy (non-hydrogen) atoms. The van der Waals surface area contributed by atoms with E-state index in [4.69, 9.17) is 0 Å². The Kier molecular flexibility index (Phi) is 4.89. The van der Waals surface area contributed by atoms with E-state index in [2.05, 4.69) is 10.3 Å². The van der Waals surface area contributed by atoms with E-state index in [0.717, 1.165) is 6.07 Å². The van der Waals surface area contributed by atoms with Crippen LogP contribution < -0.4 is 5.32 Å². The minimum Gasteiger partial charge on any atom is -0.349 e. The van der Waals surface area contributed by atoms with Crippen LogP contribution in [0, 0.1) is 5.95 Å². The molecule has 0 unspecified atom stereocenters. The number of nitrogens with zero attached hydrogens (tertiary/aromatic N) is 2. The van der Waals surface area contributed by atoms with Gasteiger partial charge in [0.05, 0.1) is 5.75 Å². The molecule has 1 aromatic rings. The van der Waals surface area contributed by atoms with E-state index in [1.54, 1.807) is 6.92 Å². The van der Waals surface area contributed by atoms with Gasteiger partial charge in [0.25, 0.3) is 5.91 Å². The molecule has 0 aliphatic carbocycles. The first-order valence-electron chi connectivity index (χ1n) is 6.82. The van der Waals surface area contributed by atoms with Crippen LogP contribution in [-0.4, -0.2) is 48.5 Å². The number of nitrogens with one attached hydrogen (secondary N) is 1. The highest BCUT2D eigenvalue weighted by molar-refractivity contribution is 7.89. The summed E-state index contributed by atoms with van der Waals surface area (Å²) < 4.78 is 37.9. The highest BCUT2D eigenvalue weighted by Gasteiger charge is 2.27. The number of rotatable bonds is 4. The number of hydrogen-bond donors (Lipinski definition) is 1. The van der Waals surface area contributed by atoms with Crippen LogP contribution in [0.2, 0.25) is 0 Å². The van der Waals surface area contributed by atoms with Crippen molar-refractivity contribution in [1.82, 2.24) is 14.6 Å². The van der Waals surface area contributed by atoms with Gasteiger partial charge in [-0.3, -0.25) is 4.79 Å². The van der Waals surface area contributed by atoms with Gasteiger partial charge in [0.2, 0.25) is 16.0 Å². The number of pyridine rings is 1. The molecular formula is C13H18FN3O3S. The monoisotopic (exact) mass is 315 g/mol. The van der Waals surface area contributed by atoms with Crippen LogP contribution in [0.15, 0.2) is 18.3 Å². The minimum atomic E-state index is -3.17. The van der Waals surface area contributed by atoms with Crippen LogP contribution in [0.25, 0.3) is 0 Å². The van der Waals surface area contributed by atoms with Crippen molar-refractivity contribution in [3.63, 3.8) is 0 Å². The average molecular weight is 315 g/mol. The number of carbonyl (C=O) groups is 1. The maximum Gasteiger partial charge on any atom is 0.251 e. The Bertz CT molecular complexity index is 613. The van der Waals surface area contributed by atoms with Crippen molar-refractivity contribution >= 4 is 15.9 Å². The summed E-state index contributed by atoms with van der Waals surface area (Å²) in [5.41, 5.74) is 0.214. The Morgan fingerprint density at radius 2 is 2.14 bits per heavy atom. The Labute approximate surface area is 123 Å². The number of amides is 1. The molecule has 1 saturated heterocycles. The predicted octanol–water partition coefficient (Wildman–Crippen LogP) is 0.765. The van der Waals surface area contributed by atoms with E-state index in [1.165, 1.54) is 16.6 Å². The Balaban J connectivity index is 1.91. The predicted molar refractivity (Wildman–Crippen MR) is 75.7 cm³/mol. The van der Waals surface area contributed by atoms with Gasteiger partial charge in [0, 0.05) is 37.0 Å². The third kappa shape index (κ3) is 3.98. The highest BCUT2D eigenvalue weighted by Crippen LogP contribution is 2.15. The standard InChI is InChI=1S/C13H18FN3O3S/c1-2-21(19,20)17-7-4-11(5-8-17)16-13(18)10-3-6-15-12(14)9-10/h3,6,9,11H,2,4-5,7-8H2,1H3,(H,16,18). The van der Waals surface area contributed by atoms with Gasteiger partial charge in [-0.15, -0.1) is 0 Å². The molecule has 1 aromatic heterocycles. The summed E-state index contributed by atoms with van der Waals surface area (Å²) in [6, 6.07) is 2.42. The van der Waals surface area contributed by atoms with Crippen molar-refractivity contribution in [2.75, 3.05) is 18.8 Å². The molecule has 2 heterocycles. The number of carbonyl (C=O) groups excluding carboxylic acids is 1. The zero-order valence-electron chi connectivity index (χ0n) is 11.8. The third-order valence-corrected chi connectivity index (χ3v) is 5.42. The molecule has 0 saturated carbocycles. The van der Waals surface area contributed by atoms with Gasteiger partial charge < -0.3 is 5.32 Å². The van der Waals surface area contributed by atoms with Crippen LogP contribution in [0.1, 0.15) is 30.1 Å². The first-order chi connectivity index (χ1) is 9.92. The average Bonchev–Trinajstić information content (AvgIpc) is 2.48. The lowest BCUT2D eigenvalue weighted by Crippen LogP contribution is -2.46.